The van der Waals surface area contributed by atoms with Gasteiger partial charge in [0.05, 0.1) is 10.5 Å². The molecule has 4 nitrogen and oxygen atoms in total. The van der Waals surface area contributed by atoms with E-state index in [4.69, 9.17) is 0 Å². The summed E-state index contributed by atoms with van der Waals surface area (Å²) >= 11 is 0. The highest BCUT2D eigenvalue weighted by molar-refractivity contribution is 6.08. The van der Waals surface area contributed by atoms with Crippen LogP contribution in [0.3, 0.4) is 0 Å². The van der Waals surface area contributed by atoms with Crippen LogP contribution in [0.15, 0.2) is 97.2 Å². The summed E-state index contributed by atoms with van der Waals surface area (Å²) in [6.07, 6.45) is 4.01. The highest BCUT2D eigenvalue weighted by Crippen LogP contribution is 2.38. The summed E-state index contributed by atoms with van der Waals surface area (Å²) in [7, 11) is 0. The number of hydrogen-bond donors (Lipinski definition) is 0. The quantitative estimate of drug-likeness (QED) is 0.124. The first-order valence-electron chi connectivity index (χ1n) is 13.6. The molecule has 0 fully saturated rings. The first kappa shape index (κ1) is 26.6. The van der Waals surface area contributed by atoms with Gasteiger partial charge < -0.3 is 4.90 Å². The Morgan fingerprint density at radius 1 is 0.756 bits per heavy atom. The highest BCUT2D eigenvalue weighted by Gasteiger charge is 2.34. The van der Waals surface area contributed by atoms with Crippen LogP contribution in [-0.2, 0) is 25.6 Å². The molecule has 7 heteroatoms. The van der Waals surface area contributed by atoms with Crippen molar-refractivity contribution < 1.29 is 18.1 Å². The zero-order valence-electron chi connectivity index (χ0n) is 22.2. The lowest BCUT2D eigenvalue weighted by Gasteiger charge is -2.25. The van der Waals surface area contributed by atoms with Crippen LogP contribution in [0, 0.1) is 10.1 Å². The summed E-state index contributed by atoms with van der Waals surface area (Å²) in [5, 5.41) is 16.8. The molecule has 1 aliphatic heterocycles. The van der Waals surface area contributed by atoms with E-state index in [1.54, 1.807) is 28.3 Å². The Balaban J connectivity index is 0.000000151. The molecule has 0 saturated heterocycles. The molecular weight excluding hydrogens is 525 g/mol. The Labute approximate surface area is 235 Å². The van der Waals surface area contributed by atoms with Gasteiger partial charge in [-0.05, 0) is 87.7 Å². The molecule has 1 heterocycles. The van der Waals surface area contributed by atoms with Crippen molar-refractivity contribution in [3.05, 3.63) is 135 Å². The number of aryl methyl sites for hydroxylation is 2. The number of rotatable bonds is 2. The molecule has 0 atom stereocenters. The van der Waals surface area contributed by atoms with Gasteiger partial charge in [0.15, 0.2) is 0 Å². The maximum atomic E-state index is 12.8. The van der Waals surface area contributed by atoms with Crippen LogP contribution in [0.25, 0.3) is 27.6 Å². The van der Waals surface area contributed by atoms with E-state index in [1.165, 1.54) is 47.2 Å². The van der Waals surface area contributed by atoms with E-state index in [1.807, 2.05) is 24.3 Å². The molecule has 41 heavy (non-hydrogen) atoms. The van der Waals surface area contributed by atoms with E-state index in [0.717, 1.165) is 23.3 Å². The zero-order chi connectivity index (χ0) is 28.6. The number of hydrogen-bond acceptors (Lipinski definition) is 3. The van der Waals surface area contributed by atoms with E-state index < -0.39 is 22.4 Å². The predicted octanol–water partition coefficient (Wildman–Crippen LogP) is 9.48. The molecule has 0 amide bonds. The number of nitro groups is 1. The van der Waals surface area contributed by atoms with Gasteiger partial charge in [0, 0.05) is 18.8 Å². The SMILES string of the molecule is O=[N+]([O-])c1cc(C(F)(F)F)ccc1N1C=Cc2ccccc2C1.c1ccc2c(c1)ccc1c3c(ccc12)CCCC3. The van der Waals surface area contributed by atoms with Gasteiger partial charge >= 0.3 is 6.18 Å². The molecule has 5 aromatic carbocycles. The van der Waals surface area contributed by atoms with Gasteiger partial charge in [0.1, 0.15) is 5.69 Å². The number of fused-ring (bicyclic) bond motifs is 6. The number of benzene rings is 5. The lowest BCUT2D eigenvalue weighted by Crippen LogP contribution is -2.20. The molecule has 0 unspecified atom stereocenters. The summed E-state index contributed by atoms with van der Waals surface area (Å²) in [5.74, 6) is 0. The van der Waals surface area contributed by atoms with Gasteiger partial charge in [0.25, 0.3) is 5.69 Å². The van der Waals surface area contributed by atoms with E-state index in [2.05, 4.69) is 48.5 Å². The largest absolute Gasteiger partial charge is 0.416 e. The Morgan fingerprint density at radius 2 is 1.51 bits per heavy atom. The van der Waals surface area contributed by atoms with Gasteiger partial charge in [-0.3, -0.25) is 10.1 Å². The average Bonchev–Trinajstić information content (AvgIpc) is 3.00. The molecule has 206 valence electrons. The van der Waals surface area contributed by atoms with Gasteiger partial charge in [-0.2, -0.15) is 13.2 Å². The lowest BCUT2D eigenvalue weighted by atomic mass is 9.86. The minimum Gasteiger partial charge on any atom is -0.338 e. The van der Waals surface area contributed by atoms with Crippen molar-refractivity contribution >= 4 is 39.0 Å². The van der Waals surface area contributed by atoms with Crippen molar-refractivity contribution in [1.29, 1.82) is 0 Å². The fourth-order valence-corrected chi connectivity index (χ4v) is 5.84. The van der Waals surface area contributed by atoms with Crippen molar-refractivity contribution in [2.24, 2.45) is 0 Å². The Bertz CT molecular complexity index is 1810. The Morgan fingerprint density at radius 3 is 2.34 bits per heavy atom. The fraction of sp³-hybridized carbons (Fsp3) is 0.176. The van der Waals surface area contributed by atoms with Crippen molar-refractivity contribution in [3.8, 4) is 0 Å². The minimum atomic E-state index is -4.62. The molecule has 0 N–H and O–H groups in total. The number of halogens is 3. The molecule has 1 aliphatic carbocycles. The van der Waals surface area contributed by atoms with E-state index >= 15 is 0 Å². The summed E-state index contributed by atoms with van der Waals surface area (Å²) in [6.45, 7) is 0.360. The highest BCUT2D eigenvalue weighted by atomic mass is 19.4. The van der Waals surface area contributed by atoms with E-state index in [0.29, 0.717) is 12.6 Å². The first-order valence-corrected chi connectivity index (χ1v) is 13.6. The monoisotopic (exact) mass is 552 g/mol. The summed E-state index contributed by atoms with van der Waals surface area (Å²) in [4.78, 5) is 12.0. The molecule has 7 rings (SSSR count). The van der Waals surface area contributed by atoms with Crippen LogP contribution in [0.4, 0.5) is 24.5 Å². The minimum absolute atomic E-state index is 0.133. The molecule has 0 spiro atoms. The topological polar surface area (TPSA) is 46.4 Å². The van der Waals surface area contributed by atoms with Crippen molar-refractivity contribution in [2.45, 2.75) is 38.4 Å². The molecule has 2 aliphatic rings. The smallest absolute Gasteiger partial charge is 0.338 e. The third kappa shape index (κ3) is 5.27. The molecule has 5 aromatic rings. The number of nitro benzene ring substituents is 1. The van der Waals surface area contributed by atoms with Gasteiger partial charge in [-0.15, -0.1) is 0 Å². The number of alkyl halides is 3. The van der Waals surface area contributed by atoms with Crippen molar-refractivity contribution in [2.75, 3.05) is 4.90 Å². The van der Waals surface area contributed by atoms with Crippen LogP contribution in [0.2, 0.25) is 0 Å². The van der Waals surface area contributed by atoms with Gasteiger partial charge in [0.2, 0.25) is 0 Å². The molecule has 0 saturated carbocycles. The van der Waals surface area contributed by atoms with Crippen molar-refractivity contribution in [3.63, 3.8) is 0 Å². The zero-order valence-corrected chi connectivity index (χ0v) is 22.2. The van der Waals surface area contributed by atoms with E-state index in [-0.39, 0.29) is 5.69 Å². The van der Waals surface area contributed by atoms with Gasteiger partial charge in [-0.25, -0.2) is 0 Å². The third-order valence-corrected chi connectivity index (χ3v) is 7.90. The first-order chi connectivity index (χ1) is 19.8. The fourth-order valence-electron chi connectivity index (χ4n) is 5.84. The summed E-state index contributed by atoms with van der Waals surface area (Å²) in [6, 6.07) is 28.0. The van der Waals surface area contributed by atoms with Crippen LogP contribution in [-0.4, -0.2) is 4.92 Å². The maximum absolute atomic E-state index is 12.8. The third-order valence-electron chi connectivity index (χ3n) is 7.90. The summed E-state index contributed by atoms with van der Waals surface area (Å²) in [5.41, 5.74) is 3.64. The Kier molecular flexibility index (Phi) is 6.95. The van der Waals surface area contributed by atoms with Crippen molar-refractivity contribution in [1.82, 2.24) is 0 Å². The maximum Gasteiger partial charge on any atom is 0.416 e. The van der Waals surface area contributed by atoms with Crippen LogP contribution in [0.5, 0.6) is 0 Å². The average molecular weight is 553 g/mol. The number of nitrogens with zero attached hydrogens (tertiary/aromatic N) is 2. The van der Waals surface area contributed by atoms with Crippen LogP contribution < -0.4 is 4.90 Å². The normalized spacial score (nSPS) is 14.3. The number of anilines is 1. The van der Waals surface area contributed by atoms with Gasteiger partial charge in [-0.1, -0.05) is 72.8 Å². The lowest BCUT2D eigenvalue weighted by molar-refractivity contribution is -0.384. The van der Waals surface area contributed by atoms with Crippen LogP contribution in [0.1, 0.15) is 40.7 Å². The second kappa shape index (κ2) is 10.7. The van der Waals surface area contributed by atoms with E-state index in [9.17, 15) is 23.3 Å². The molecule has 0 bridgehead atoms. The molecule has 0 radical (unpaired) electrons. The standard InChI is InChI=1S/C18H16.C16H11F3N2O2/c1-3-7-15-13(5-1)9-11-18-16-8-4-2-6-14(16)10-12-17(15)18;17-16(18,19)13-5-6-14(15(9-13)21(22)23)20-8-7-11-3-1-2-4-12(11)10-20/h1,3,5,7,9-12H,2,4,6,8H2;1-9H,10H2. The second-order valence-corrected chi connectivity index (χ2v) is 10.4. The van der Waals surface area contributed by atoms with Crippen LogP contribution >= 0.6 is 0 Å². The predicted molar refractivity (Wildman–Crippen MR) is 158 cm³/mol. The molecule has 0 aromatic heterocycles. The second-order valence-electron chi connectivity index (χ2n) is 10.4. The Hall–Kier alpha value is -4.65. The summed E-state index contributed by atoms with van der Waals surface area (Å²) < 4.78 is 38.3. The molecular formula is C34H27F3N2O2.